The van der Waals surface area contributed by atoms with Crippen molar-refractivity contribution < 1.29 is 9.18 Å². The van der Waals surface area contributed by atoms with E-state index in [4.69, 9.17) is 0 Å². The number of hydrogen-bond acceptors (Lipinski definition) is 4. The number of nitrogens with one attached hydrogen (secondary N) is 2. The summed E-state index contributed by atoms with van der Waals surface area (Å²) in [5.74, 6) is 0.0806. The number of carbonyl (C=O) groups is 1. The zero-order valence-corrected chi connectivity index (χ0v) is 18.8. The number of H-pyrrole nitrogens is 1. The third-order valence-corrected chi connectivity index (χ3v) is 6.24. The minimum absolute atomic E-state index is 0.0880. The Morgan fingerprint density at radius 2 is 2.03 bits per heavy atom. The molecular weight excluding hydrogens is 435 g/mol. The number of fused-ring (bicyclic) bond motifs is 1. The van der Waals surface area contributed by atoms with Crippen LogP contribution in [0.1, 0.15) is 19.2 Å². The highest BCUT2D eigenvalue weighted by atomic mass is 19.1. The SMILES string of the molecule is CCNC(=O)N1CCC(Cc2n[nH]c(=O)n2-c2ccc(-c3ccc4cccnc4c3)cc2F)C1. The first-order valence-electron chi connectivity index (χ1n) is 11.4. The lowest BCUT2D eigenvalue weighted by molar-refractivity contribution is 0.207. The molecular formula is C25H25FN6O2. The minimum atomic E-state index is -0.515. The first kappa shape index (κ1) is 21.8. The van der Waals surface area contributed by atoms with Gasteiger partial charge in [-0.25, -0.2) is 23.6 Å². The molecule has 2 N–H and O–H groups in total. The van der Waals surface area contributed by atoms with Gasteiger partial charge in [-0.3, -0.25) is 4.98 Å². The molecule has 9 heteroatoms. The lowest BCUT2D eigenvalue weighted by Gasteiger charge is -2.16. The van der Waals surface area contributed by atoms with E-state index in [1.54, 1.807) is 23.2 Å². The number of nitrogens with zero attached hydrogens (tertiary/aromatic N) is 4. The van der Waals surface area contributed by atoms with Gasteiger partial charge >= 0.3 is 11.7 Å². The van der Waals surface area contributed by atoms with Gasteiger partial charge in [-0.05, 0) is 54.7 Å². The van der Waals surface area contributed by atoms with Crippen molar-refractivity contribution in [2.75, 3.05) is 19.6 Å². The predicted molar refractivity (Wildman–Crippen MR) is 127 cm³/mol. The van der Waals surface area contributed by atoms with E-state index >= 15 is 4.39 Å². The third-order valence-electron chi connectivity index (χ3n) is 6.24. The van der Waals surface area contributed by atoms with Crippen molar-refractivity contribution >= 4 is 16.9 Å². The first-order chi connectivity index (χ1) is 16.5. The van der Waals surface area contributed by atoms with Crippen LogP contribution >= 0.6 is 0 Å². The number of pyridine rings is 1. The van der Waals surface area contributed by atoms with Crippen LogP contribution in [-0.2, 0) is 6.42 Å². The van der Waals surface area contributed by atoms with Gasteiger partial charge in [-0.15, -0.1) is 0 Å². The van der Waals surface area contributed by atoms with Crippen molar-refractivity contribution in [2.45, 2.75) is 19.8 Å². The topological polar surface area (TPSA) is 95.9 Å². The number of aromatic amines is 1. The second kappa shape index (κ2) is 9.09. The Balaban J connectivity index is 1.40. The van der Waals surface area contributed by atoms with E-state index < -0.39 is 11.5 Å². The molecule has 0 saturated carbocycles. The zero-order valence-electron chi connectivity index (χ0n) is 18.8. The van der Waals surface area contributed by atoms with Crippen molar-refractivity contribution in [3.8, 4) is 16.8 Å². The molecule has 2 aromatic heterocycles. The Hall–Kier alpha value is -4.01. The summed E-state index contributed by atoms with van der Waals surface area (Å²) in [6.07, 6.45) is 2.99. The third kappa shape index (κ3) is 4.16. The van der Waals surface area contributed by atoms with Gasteiger partial charge in [0.15, 0.2) is 0 Å². The van der Waals surface area contributed by atoms with Crippen LogP contribution in [0.3, 0.4) is 0 Å². The number of likely N-dealkylation sites (tertiary alicyclic amines) is 1. The monoisotopic (exact) mass is 460 g/mol. The van der Waals surface area contributed by atoms with Gasteiger partial charge in [0.1, 0.15) is 11.6 Å². The van der Waals surface area contributed by atoms with Crippen LogP contribution in [0.15, 0.2) is 59.5 Å². The van der Waals surface area contributed by atoms with E-state index in [9.17, 15) is 9.59 Å². The molecule has 1 aliphatic rings. The number of rotatable bonds is 5. The summed E-state index contributed by atoms with van der Waals surface area (Å²) < 4.78 is 16.5. The fraction of sp³-hybridized carbons (Fsp3) is 0.280. The van der Waals surface area contributed by atoms with Crippen LogP contribution in [-0.4, -0.2) is 50.3 Å². The Morgan fingerprint density at radius 3 is 2.85 bits per heavy atom. The molecule has 1 fully saturated rings. The maximum absolute atomic E-state index is 15.3. The zero-order chi connectivity index (χ0) is 23.7. The Morgan fingerprint density at radius 1 is 1.21 bits per heavy atom. The summed E-state index contributed by atoms with van der Waals surface area (Å²) in [6.45, 7) is 3.67. The molecule has 0 aliphatic carbocycles. The van der Waals surface area contributed by atoms with E-state index in [1.165, 1.54) is 10.6 Å². The Kier molecular flexibility index (Phi) is 5.83. The average molecular weight is 461 g/mol. The van der Waals surface area contributed by atoms with Crippen LogP contribution in [0.25, 0.3) is 27.7 Å². The van der Waals surface area contributed by atoms with Gasteiger partial charge in [0, 0.05) is 37.6 Å². The molecule has 2 amide bonds. The summed E-state index contributed by atoms with van der Waals surface area (Å²) in [6, 6.07) is 14.4. The number of urea groups is 1. The Bertz CT molecular complexity index is 1410. The van der Waals surface area contributed by atoms with Crippen molar-refractivity contribution in [1.82, 2.24) is 30.0 Å². The van der Waals surface area contributed by atoms with Gasteiger partial charge in [0.25, 0.3) is 0 Å². The van der Waals surface area contributed by atoms with Crippen molar-refractivity contribution in [3.63, 3.8) is 0 Å². The molecule has 0 bridgehead atoms. The summed E-state index contributed by atoms with van der Waals surface area (Å²) >= 11 is 0. The summed E-state index contributed by atoms with van der Waals surface area (Å²) in [5, 5.41) is 10.4. The smallest absolute Gasteiger partial charge is 0.338 e. The molecule has 1 saturated heterocycles. The van der Waals surface area contributed by atoms with Gasteiger partial charge in [0.05, 0.1) is 11.2 Å². The largest absolute Gasteiger partial charge is 0.348 e. The second-order valence-corrected chi connectivity index (χ2v) is 8.50. The molecule has 5 rings (SSSR count). The minimum Gasteiger partial charge on any atom is -0.338 e. The molecule has 34 heavy (non-hydrogen) atoms. The van der Waals surface area contributed by atoms with Crippen LogP contribution in [0, 0.1) is 11.7 Å². The number of halogens is 1. The molecule has 0 radical (unpaired) electrons. The molecule has 3 heterocycles. The highest BCUT2D eigenvalue weighted by Crippen LogP contribution is 2.27. The highest BCUT2D eigenvalue weighted by molar-refractivity contribution is 5.84. The Labute approximate surface area is 195 Å². The molecule has 1 atom stereocenters. The maximum Gasteiger partial charge on any atom is 0.348 e. The quantitative estimate of drug-likeness (QED) is 0.476. The van der Waals surface area contributed by atoms with Crippen LogP contribution in [0.5, 0.6) is 0 Å². The lowest BCUT2D eigenvalue weighted by Crippen LogP contribution is -2.38. The van der Waals surface area contributed by atoms with Crippen LogP contribution < -0.4 is 11.0 Å². The number of carbonyl (C=O) groups excluding carboxylic acids is 1. The average Bonchev–Trinajstić information content (AvgIpc) is 3.46. The highest BCUT2D eigenvalue weighted by Gasteiger charge is 2.28. The van der Waals surface area contributed by atoms with Crippen molar-refractivity contribution in [1.29, 1.82) is 0 Å². The van der Waals surface area contributed by atoms with E-state index in [0.29, 0.717) is 37.4 Å². The fourth-order valence-corrected chi connectivity index (χ4v) is 4.53. The molecule has 1 unspecified atom stereocenters. The van der Waals surface area contributed by atoms with Crippen LogP contribution in [0.2, 0.25) is 0 Å². The second-order valence-electron chi connectivity index (χ2n) is 8.50. The van der Waals surface area contributed by atoms with Gasteiger partial charge in [0.2, 0.25) is 0 Å². The fourth-order valence-electron chi connectivity index (χ4n) is 4.53. The number of amides is 2. The molecule has 2 aromatic carbocycles. The molecule has 4 aromatic rings. The molecule has 174 valence electrons. The van der Waals surface area contributed by atoms with Crippen LogP contribution in [0.4, 0.5) is 9.18 Å². The molecule has 8 nitrogen and oxygen atoms in total. The maximum atomic E-state index is 15.3. The first-order valence-corrected chi connectivity index (χ1v) is 11.4. The summed E-state index contributed by atoms with van der Waals surface area (Å²) in [7, 11) is 0. The van der Waals surface area contributed by atoms with Crippen molar-refractivity contribution in [2.24, 2.45) is 5.92 Å². The van der Waals surface area contributed by atoms with Gasteiger partial charge < -0.3 is 10.2 Å². The van der Waals surface area contributed by atoms with E-state index in [2.05, 4.69) is 20.5 Å². The lowest BCUT2D eigenvalue weighted by atomic mass is 10.0. The number of benzene rings is 2. The van der Waals surface area contributed by atoms with Crippen molar-refractivity contribution in [3.05, 3.63) is 76.9 Å². The molecule has 1 aliphatic heterocycles. The van der Waals surface area contributed by atoms with Gasteiger partial charge in [-0.2, -0.15) is 5.10 Å². The van der Waals surface area contributed by atoms with Gasteiger partial charge in [-0.1, -0.05) is 24.3 Å². The number of hydrogen-bond donors (Lipinski definition) is 2. The predicted octanol–water partition coefficient (Wildman–Crippen LogP) is 3.51. The van der Waals surface area contributed by atoms with E-state index in [-0.39, 0.29) is 17.6 Å². The van der Waals surface area contributed by atoms with E-state index in [1.807, 2.05) is 37.3 Å². The summed E-state index contributed by atoms with van der Waals surface area (Å²) in [4.78, 5) is 30.7. The summed E-state index contributed by atoms with van der Waals surface area (Å²) in [5.41, 5.74) is 2.02. The van der Waals surface area contributed by atoms with E-state index in [0.717, 1.165) is 22.9 Å². The standard InChI is InChI=1S/C25H25FN6O2/c1-2-27-24(33)31-11-9-16(15-31)12-23-29-30-25(34)32(23)22-8-7-18(13-20(22)26)19-6-5-17-4-3-10-28-21(17)14-19/h3-8,10,13-14,16H,2,9,11-12,15H2,1H3,(H,27,33)(H,30,34). The molecule has 0 spiro atoms. The normalized spacial score (nSPS) is 15.7. The number of aromatic nitrogens is 4.